The first-order valence-electron chi connectivity index (χ1n) is 6.35. The first kappa shape index (κ1) is 16.1. The molecule has 2 unspecified atom stereocenters. The Bertz CT molecular complexity index is 394. The minimum Gasteiger partial charge on any atom is -0.386 e. The van der Waals surface area contributed by atoms with Crippen molar-refractivity contribution in [1.29, 1.82) is 0 Å². The molecule has 2 N–H and O–H groups in total. The molecule has 0 aliphatic rings. The fraction of sp³-hybridized carbons (Fsp3) is 0.500. The number of amides is 1. The third-order valence-electron chi connectivity index (χ3n) is 2.66. The van der Waals surface area contributed by atoms with Gasteiger partial charge in [-0.05, 0) is 31.0 Å². The summed E-state index contributed by atoms with van der Waals surface area (Å²) in [5.41, 5.74) is 0.769. The maximum atomic E-state index is 11.6. The van der Waals surface area contributed by atoms with Crippen molar-refractivity contribution in [3.63, 3.8) is 0 Å². The number of nitrogens with one attached hydrogen (secondary N) is 1. The molecule has 0 aliphatic heterocycles. The molecule has 0 radical (unpaired) electrons. The number of benzene rings is 1. The van der Waals surface area contributed by atoms with Gasteiger partial charge in [-0.3, -0.25) is 4.79 Å². The highest BCUT2D eigenvalue weighted by Gasteiger charge is 2.18. The average molecular weight is 330 g/mol. The normalized spacial score (nSPS) is 13.9. The number of ether oxygens (including phenoxy) is 1. The Kier molecular flexibility index (Phi) is 7.05. The van der Waals surface area contributed by atoms with Crippen LogP contribution in [-0.2, 0) is 9.53 Å². The van der Waals surface area contributed by atoms with Crippen LogP contribution in [0.25, 0.3) is 0 Å². The second kappa shape index (κ2) is 8.30. The van der Waals surface area contributed by atoms with Crippen LogP contribution in [0.3, 0.4) is 0 Å². The number of aliphatic hydroxyl groups is 1. The summed E-state index contributed by atoms with van der Waals surface area (Å²) in [5, 5.41) is 12.9. The SMILES string of the molecule is CCCOCC(=O)NC(C)C(O)c1ccc(Br)cc1. The molecule has 0 aliphatic carbocycles. The summed E-state index contributed by atoms with van der Waals surface area (Å²) in [6, 6.07) is 7.00. The van der Waals surface area contributed by atoms with Crippen molar-refractivity contribution in [3.8, 4) is 0 Å². The first-order chi connectivity index (χ1) is 9.04. The van der Waals surface area contributed by atoms with Crippen LogP contribution in [0.15, 0.2) is 28.7 Å². The molecular weight excluding hydrogens is 310 g/mol. The van der Waals surface area contributed by atoms with Gasteiger partial charge in [0.1, 0.15) is 6.61 Å². The summed E-state index contributed by atoms with van der Waals surface area (Å²) >= 11 is 3.34. The van der Waals surface area contributed by atoms with Gasteiger partial charge in [0.25, 0.3) is 0 Å². The number of carbonyl (C=O) groups excluding carboxylic acids is 1. The lowest BCUT2D eigenvalue weighted by Gasteiger charge is -2.20. The van der Waals surface area contributed by atoms with Gasteiger partial charge in [0.2, 0.25) is 5.91 Å². The molecule has 4 nitrogen and oxygen atoms in total. The third kappa shape index (κ3) is 5.72. The van der Waals surface area contributed by atoms with E-state index < -0.39 is 6.10 Å². The van der Waals surface area contributed by atoms with E-state index >= 15 is 0 Å². The monoisotopic (exact) mass is 329 g/mol. The lowest BCUT2D eigenvalue weighted by Crippen LogP contribution is -2.39. The molecule has 19 heavy (non-hydrogen) atoms. The van der Waals surface area contributed by atoms with E-state index in [-0.39, 0.29) is 18.6 Å². The molecule has 0 spiro atoms. The van der Waals surface area contributed by atoms with Crippen molar-refractivity contribution in [2.45, 2.75) is 32.4 Å². The summed E-state index contributed by atoms with van der Waals surface area (Å²) in [7, 11) is 0. The molecule has 106 valence electrons. The largest absolute Gasteiger partial charge is 0.386 e. The molecule has 0 bridgehead atoms. The second-order valence-electron chi connectivity index (χ2n) is 4.41. The maximum absolute atomic E-state index is 11.6. The van der Waals surface area contributed by atoms with Crippen LogP contribution in [-0.4, -0.2) is 30.3 Å². The summed E-state index contributed by atoms with van der Waals surface area (Å²) in [4.78, 5) is 11.6. The second-order valence-corrected chi connectivity index (χ2v) is 5.32. The van der Waals surface area contributed by atoms with Gasteiger partial charge >= 0.3 is 0 Å². The van der Waals surface area contributed by atoms with Crippen LogP contribution in [0.4, 0.5) is 0 Å². The quantitative estimate of drug-likeness (QED) is 0.755. The smallest absolute Gasteiger partial charge is 0.246 e. The fourth-order valence-corrected chi connectivity index (χ4v) is 1.90. The zero-order valence-corrected chi connectivity index (χ0v) is 12.8. The van der Waals surface area contributed by atoms with Crippen molar-refractivity contribution in [2.75, 3.05) is 13.2 Å². The van der Waals surface area contributed by atoms with E-state index in [2.05, 4.69) is 21.2 Å². The van der Waals surface area contributed by atoms with E-state index in [0.717, 1.165) is 16.5 Å². The summed E-state index contributed by atoms with van der Waals surface area (Å²) in [6.45, 7) is 4.35. The van der Waals surface area contributed by atoms with E-state index in [1.165, 1.54) is 0 Å². The number of rotatable bonds is 7. The van der Waals surface area contributed by atoms with Crippen LogP contribution in [0.2, 0.25) is 0 Å². The molecule has 1 rings (SSSR count). The van der Waals surface area contributed by atoms with Crippen LogP contribution in [0.1, 0.15) is 31.9 Å². The van der Waals surface area contributed by atoms with Crippen molar-refractivity contribution >= 4 is 21.8 Å². The van der Waals surface area contributed by atoms with E-state index in [9.17, 15) is 9.90 Å². The number of hydrogen-bond acceptors (Lipinski definition) is 3. The van der Waals surface area contributed by atoms with E-state index in [1.807, 2.05) is 31.2 Å². The number of aliphatic hydroxyl groups excluding tert-OH is 1. The Hall–Kier alpha value is -0.910. The summed E-state index contributed by atoms with van der Waals surface area (Å²) < 4.78 is 6.10. The molecule has 5 heteroatoms. The van der Waals surface area contributed by atoms with Crippen LogP contribution >= 0.6 is 15.9 Å². The van der Waals surface area contributed by atoms with Gasteiger partial charge in [0.05, 0.1) is 12.1 Å². The van der Waals surface area contributed by atoms with Crippen molar-refractivity contribution in [2.24, 2.45) is 0 Å². The minimum absolute atomic E-state index is 0.0330. The Balaban J connectivity index is 2.46. The molecule has 0 fully saturated rings. The Morgan fingerprint density at radius 3 is 2.63 bits per heavy atom. The summed E-state index contributed by atoms with van der Waals surface area (Å²) in [6.07, 6.45) is 0.146. The number of hydrogen-bond donors (Lipinski definition) is 2. The molecule has 0 aromatic heterocycles. The lowest BCUT2D eigenvalue weighted by atomic mass is 10.0. The maximum Gasteiger partial charge on any atom is 0.246 e. The zero-order valence-electron chi connectivity index (χ0n) is 11.2. The average Bonchev–Trinajstić information content (AvgIpc) is 2.39. The number of halogens is 1. The summed E-state index contributed by atoms with van der Waals surface area (Å²) in [5.74, 6) is -0.211. The van der Waals surface area contributed by atoms with Gasteiger partial charge in [-0.25, -0.2) is 0 Å². The predicted octanol–water partition coefficient (Wildman–Crippen LogP) is 2.41. The van der Waals surface area contributed by atoms with Crippen molar-refractivity contribution in [1.82, 2.24) is 5.32 Å². The highest BCUT2D eigenvalue weighted by molar-refractivity contribution is 9.10. The van der Waals surface area contributed by atoms with Crippen LogP contribution in [0, 0.1) is 0 Å². The Morgan fingerprint density at radius 2 is 2.05 bits per heavy atom. The molecule has 0 heterocycles. The Morgan fingerprint density at radius 1 is 1.42 bits per heavy atom. The van der Waals surface area contributed by atoms with E-state index in [0.29, 0.717) is 6.61 Å². The van der Waals surface area contributed by atoms with Crippen molar-refractivity contribution in [3.05, 3.63) is 34.3 Å². The molecule has 1 aromatic carbocycles. The zero-order chi connectivity index (χ0) is 14.3. The molecule has 1 amide bonds. The van der Waals surface area contributed by atoms with E-state index in [1.54, 1.807) is 6.92 Å². The molecule has 2 atom stereocenters. The topological polar surface area (TPSA) is 58.6 Å². The van der Waals surface area contributed by atoms with Gasteiger partial charge in [-0.1, -0.05) is 35.0 Å². The Labute approximate surface area is 122 Å². The van der Waals surface area contributed by atoms with Crippen LogP contribution < -0.4 is 5.32 Å². The lowest BCUT2D eigenvalue weighted by molar-refractivity contribution is -0.127. The van der Waals surface area contributed by atoms with Gasteiger partial charge in [-0.15, -0.1) is 0 Å². The molecular formula is C14H20BrNO3. The highest BCUT2D eigenvalue weighted by atomic mass is 79.9. The molecule has 1 aromatic rings. The highest BCUT2D eigenvalue weighted by Crippen LogP contribution is 2.19. The standard InChI is InChI=1S/C14H20BrNO3/c1-3-8-19-9-13(17)16-10(2)14(18)11-4-6-12(15)7-5-11/h4-7,10,14,18H,3,8-9H2,1-2H3,(H,16,17). The van der Waals surface area contributed by atoms with E-state index in [4.69, 9.17) is 4.74 Å². The minimum atomic E-state index is -0.733. The molecule has 0 saturated carbocycles. The fourth-order valence-electron chi connectivity index (χ4n) is 1.63. The van der Waals surface area contributed by atoms with Crippen LogP contribution in [0.5, 0.6) is 0 Å². The van der Waals surface area contributed by atoms with Gasteiger partial charge < -0.3 is 15.2 Å². The third-order valence-corrected chi connectivity index (χ3v) is 3.18. The van der Waals surface area contributed by atoms with Gasteiger partial charge in [0, 0.05) is 11.1 Å². The van der Waals surface area contributed by atoms with Gasteiger partial charge in [-0.2, -0.15) is 0 Å². The van der Waals surface area contributed by atoms with Crippen molar-refractivity contribution < 1.29 is 14.6 Å². The molecule has 0 saturated heterocycles. The predicted molar refractivity (Wildman–Crippen MR) is 77.8 cm³/mol. The first-order valence-corrected chi connectivity index (χ1v) is 7.14. The van der Waals surface area contributed by atoms with Gasteiger partial charge in [0.15, 0.2) is 0 Å². The number of carbonyl (C=O) groups is 1.